The van der Waals surface area contributed by atoms with Crippen molar-refractivity contribution in [1.82, 2.24) is 4.90 Å². The van der Waals surface area contributed by atoms with E-state index in [-0.39, 0.29) is 5.78 Å². The van der Waals surface area contributed by atoms with E-state index in [1.165, 1.54) is 0 Å². The lowest BCUT2D eigenvalue weighted by molar-refractivity contribution is -0.120. The Bertz CT molecular complexity index is 431. The molecule has 0 bridgehead atoms. The van der Waals surface area contributed by atoms with Gasteiger partial charge in [0.25, 0.3) is 0 Å². The first-order valence-electron chi connectivity index (χ1n) is 5.91. The number of ketones is 1. The first-order valence-corrected chi connectivity index (χ1v) is 6.66. The lowest BCUT2D eigenvalue weighted by atomic mass is 10.1. The van der Waals surface area contributed by atoms with E-state index in [2.05, 4.69) is 4.90 Å². The fourth-order valence-electron chi connectivity index (χ4n) is 1.96. The lowest BCUT2D eigenvalue weighted by Crippen LogP contribution is -2.39. The molecule has 0 saturated carbocycles. The largest absolute Gasteiger partial charge is 0.379 e. The van der Waals surface area contributed by atoms with Gasteiger partial charge >= 0.3 is 0 Å². The number of carbonyl (C=O) groups is 1. The van der Waals surface area contributed by atoms with E-state index in [9.17, 15) is 4.79 Å². The van der Waals surface area contributed by atoms with Crippen LogP contribution in [0.3, 0.4) is 0 Å². The first-order chi connectivity index (χ1) is 8.65. The topological polar surface area (TPSA) is 29.5 Å². The van der Waals surface area contributed by atoms with Crippen molar-refractivity contribution in [2.24, 2.45) is 0 Å². The molecule has 1 fully saturated rings. The summed E-state index contributed by atoms with van der Waals surface area (Å²) in [5, 5.41) is 1.20. The van der Waals surface area contributed by atoms with Gasteiger partial charge in [-0.25, -0.2) is 0 Å². The minimum atomic E-state index is 0.154. The van der Waals surface area contributed by atoms with Crippen LogP contribution in [-0.2, 0) is 16.0 Å². The zero-order valence-corrected chi connectivity index (χ0v) is 11.5. The van der Waals surface area contributed by atoms with E-state index in [1.807, 2.05) is 0 Å². The number of rotatable bonds is 4. The second kappa shape index (κ2) is 6.53. The number of benzene rings is 1. The van der Waals surface area contributed by atoms with Gasteiger partial charge in [0, 0.05) is 29.6 Å². The van der Waals surface area contributed by atoms with Crippen molar-refractivity contribution < 1.29 is 9.53 Å². The van der Waals surface area contributed by atoms with Crippen molar-refractivity contribution in [3.8, 4) is 0 Å². The third-order valence-electron chi connectivity index (χ3n) is 2.90. The minimum Gasteiger partial charge on any atom is -0.379 e. The fourth-order valence-corrected chi connectivity index (χ4v) is 2.33. The van der Waals surface area contributed by atoms with Crippen molar-refractivity contribution in [3.05, 3.63) is 33.8 Å². The second-order valence-electron chi connectivity index (χ2n) is 4.34. The van der Waals surface area contributed by atoms with Gasteiger partial charge in [0.05, 0.1) is 19.8 Å². The highest BCUT2D eigenvalue weighted by Gasteiger charge is 2.15. The molecule has 1 aromatic rings. The lowest BCUT2D eigenvalue weighted by Gasteiger charge is -2.25. The molecule has 0 aromatic heterocycles. The zero-order valence-electron chi connectivity index (χ0n) is 9.99. The molecule has 1 saturated heterocycles. The Morgan fingerprint density at radius 2 is 2.00 bits per heavy atom. The van der Waals surface area contributed by atoms with Gasteiger partial charge in [-0.2, -0.15) is 0 Å². The van der Waals surface area contributed by atoms with E-state index >= 15 is 0 Å². The van der Waals surface area contributed by atoms with Crippen LogP contribution in [0.15, 0.2) is 18.2 Å². The maximum absolute atomic E-state index is 12.0. The number of carbonyl (C=O) groups excluding carboxylic acids is 1. The van der Waals surface area contributed by atoms with Gasteiger partial charge < -0.3 is 4.74 Å². The highest BCUT2D eigenvalue weighted by Crippen LogP contribution is 2.21. The quantitative estimate of drug-likeness (QED) is 0.852. The van der Waals surface area contributed by atoms with E-state index in [4.69, 9.17) is 27.9 Å². The molecule has 0 aliphatic carbocycles. The molecule has 1 aliphatic rings. The van der Waals surface area contributed by atoms with Crippen LogP contribution < -0.4 is 0 Å². The number of halogens is 2. The van der Waals surface area contributed by atoms with E-state index in [0.29, 0.717) is 36.2 Å². The van der Waals surface area contributed by atoms with E-state index in [1.54, 1.807) is 18.2 Å². The summed E-state index contributed by atoms with van der Waals surface area (Å²) in [5.41, 5.74) is 0.794. The Labute approximate surface area is 117 Å². The van der Waals surface area contributed by atoms with Gasteiger partial charge in [0.2, 0.25) is 0 Å². The van der Waals surface area contributed by atoms with Crippen LogP contribution in [0.4, 0.5) is 0 Å². The molecule has 1 heterocycles. The van der Waals surface area contributed by atoms with Crippen LogP contribution in [0.2, 0.25) is 10.0 Å². The smallest absolute Gasteiger partial charge is 0.151 e. The standard InChI is InChI=1S/C13H15Cl2NO2/c14-11-1-2-13(15)10(7-11)8-12(17)9-16-3-5-18-6-4-16/h1-2,7H,3-6,8-9H2. The summed E-state index contributed by atoms with van der Waals surface area (Å²) >= 11 is 11.9. The third-order valence-corrected chi connectivity index (χ3v) is 3.50. The Balaban J connectivity index is 1.92. The van der Waals surface area contributed by atoms with E-state index in [0.717, 1.165) is 18.7 Å². The van der Waals surface area contributed by atoms with Gasteiger partial charge in [0.15, 0.2) is 5.78 Å². The summed E-state index contributed by atoms with van der Waals surface area (Å²) in [6.45, 7) is 3.48. The Kier molecular flexibility index (Phi) is 5.01. The summed E-state index contributed by atoms with van der Waals surface area (Å²) in [7, 11) is 0. The SMILES string of the molecule is O=C(Cc1cc(Cl)ccc1Cl)CN1CCOCC1. The number of Topliss-reactive ketones (excluding diaryl/α,β-unsaturated/α-hetero) is 1. The average molecular weight is 288 g/mol. The predicted molar refractivity (Wildman–Crippen MR) is 72.4 cm³/mol. The van der Waals surface area contributed by atoms with Crippen molar-refractivity contribution in [3.63, 3.8) is 0 Å². The van der Waals surface area contributed by atoms with Crippen molar-refractivity contribution in [2.75, 3.05) is 32.8 Å². The van der Waals surface area contributed by atoms with Crippen molar-refractivity contribution >= 4 is 29.0 Å². The maximum atomic E-state index is 12.0. The van der Waals surface area contributed by atoms with Gasteiger partial charge in [-0.05, 0) is 23.8 Å². The average Bonchev–Trinajstić information content (AvgIpc) is 2.35. The fraction of sp³-hybridized carbons (Fsp3) is 0.462. The van der Waals surface area contributed by atoms with Crippen LogP contribution in [0.1, 0.15) is 5.56 Å². The van der Waals surface area contributed by atoms with Gasteiger partial charge in [-0.3, -0.25) is 9.69 Å². The predicted octanol–water partition coefficient (Wildman–Crippen LogP) is 2.44. The zero-order chi connectivity index (χ0) is 13.0. The Hall–Kier alpha value is -0.610. The molecule has 1 aromatic carbocycles. The van der Waals surface area contributed by atoms with Crippen molar-refractivity contribution in [2.45, 2.75) is 6.42 Å². The van der Waals surface area contributed by atoms with Crippen molar-refractivity contribution in [1.29, 1.82) is 0 Å². The van der Waals surface area contributed by atoms with E-state index < -0.39 is 0 Å². The van der Waals surface area contributed by atoms with Crippen LogP contribution >= 0.6 is 23.2 Å². The molecule has 98 valence electrons. The molecular weight excluding hydrogens is 273 g/mol. The maximum Gasteiger partial charge on any atom is 0.151 e. The Morgan fingerprint density at radius 1 is 1.28 bits per heavy atom. The number of hydrogen-bond donors (Lipinski definition) is 0. The highest BCUT2D eigenvalue weighted by atomic mass is 35.5. The molecule has 0 radical (unpaired) electrons. The summed E-state index contributed by atoms with van der Waals surface area (Å²) in [4.78, 5) is 14.1. The molecule has 2 rings (SSSR count). The molecule has 5 heteroatoms. The molecule has 18 heavy (non-hydrogen) atoms. The molecule has 0 spiro atoms. The van der Waals surface area contributed by atoms with Gasteiger partial charge in [0.1, 0.15) is 0 Å². The molecule has 0 amide bonds. The van der Waals surface area contributed by atoms with Gasteiger partial charge in [-0.1, -0.05) is 23.2 Å². The van der Waals surface area contributed by atoms with Crippen LogP contribution in [-0.4, -0.2) is 43.5 Å². The van der Waals surface area contributed by atoms with Crippen LogP contribution in [0, 0.1) is 0 Å². The minimum absolute atomic E-state index is 0.154. The number of ether oxygens (including phenoxy) is 1. The molecule has 0 unspecified atom stereocenters. The Morgan fingerprint density at radius 3 is 2.72 bits per heavy atom. The normalized spacial score (nSPS) is 16.8. The second-order valence-corrected chi connectivity index (χ2v) is 5.18. The molecule has 0 N–H and O–H groups in total. The molecule has 0 atom stereocenters. The highest BCUT2D eigenvalue weighted by molar-refractivity contribution is 6.33. The number of hydrogen-bond acceptors (Lipinski definition) is 3. The summed E-state index contributed by atoms with van der Waals surface area (Å²) in [6.07, 6.45) is 0.330. The number of nitrogens with zero attached hydrogens (tertiary/aromatic N) is 1. The summed E-state index contributed by atoms with van der Waals surface area (Å²) in [6, 6.07) is 5.20. The third kappa shape index (κ3) is 3.95. The summed E-state index contributed by atoms with van der Waals surface area (Å²) in [5.74, 6) is 0.154. The molecule has 3 nitrogen and oxygen atoms in total. The van der Waals surface area contributed by atoms with Crippen LogP contribution in [0.25, 0.3) is 0 Å². The molecule has 1 aliphatic heterocycles. The van der Waals surface area contributed by atoms with Crippen LogP contribution in [0.5, 0.6) is 0 Å². The van der Waals surface area contributed by atoms with Gasteiger partial charge in [-0.15, -0.1) is 0 Å². The number of morpholine rings is 1. The monoisotopic (exact) mass is 287 g/mol. The molecular formula is C13H15Cl2NO2. The first kappa shape index (κ1) is 13.8. The summed E-state index contributed by atoms with van der Waals surface area (Å²) < 4.78 is 5.24.